The Labute approximate surface area is 271 Å². The van der Waals surface area contributed by atoms with Crippen LogP contribution in [0.5, 0.6) is 5.75 Å². The van der Waals surface area contributed by atoms with Crippen LogP contribution in [-0.4, -0.2) is 15.1 Å². The van der Waals surface area contributed by atoms with E-state index in [-0.39, 0.29) is 32.2 Å². The van der Waals surface area contributed by atoms with Crippen LogP contribution in [0, 0.1) is 6.07 Å². The maximum Gasteiger partial charge on any atom is 0.230 e. The van der Waals surface area contributed by atoms with Crippen molar-refractivity contribution in [2.24, 2.45) is 0 Å². The fourth-order valence-electron chi connectivity index (χ4n) is 5.61. The molecule has 7 rings (SSSR count). The van der Waals surface area contributed by atoms with Crippen molar-refractivity contribution >= 4 is 22.0 Å². The van der Waals surface area contributed by atoms with Crippen molar-refractivity contribution in [3.8, 4) is 39.5 Å². The van der Waals surface area contributed by atoms with Gasteiger partial charge in [-0.25, -0.2) is 4.98 Å². The van der Waals surface area contributed by atoms with Crippen LogP contribution in [-0.2, 0) is 32.9 Å². The molecule has 220 valence electrons. The molecule has 0 unspecified atom stereocenters. The SMILES string of the molecule is CC(C)(C)c1cc(-c2[c-]c(-c3cc(Cc4ccccc4)cc4oc(-c5ccccc5O)nc34)ccc2)c2ncccc2c1.[Pt]. The van der Waals surface area contributed by atoms with Crippen LogP contribution in [0.15, 0.2) is 120 Å². The second kappa shape index (κ2) is 11.9. The second-order valence-corrected chi connectivity index (χ2v) is 12.0. The summed E-state index contributed by atoms with van der Waals surface area (Å²) in [6, 6.07) is 40.3. The first-order valence-electron chi connectivity index (χ1n) is 14.5. The van der Waals surface area contributed by atoms with Crippen molar-refractivity contribution in [1.29, 1.82) is 0 Å². The number of phenolic OH excluding ortho intramolecular Hbond substituents is 1. The third-order valence-corrected chi connectivity index (χ3v) is 7.89. The van der Waals surface area contributed by atoms with E-state index in [0.29, 0.717) is 17.0 Å². The van der Waals surface area contributed by atoms with Crippen LogP contribution in [0.3, 0.4) is 0 Å². The average molecular weight is 755 g/mol. The zero-order chi connectivity index (χ0) is 29.6. The van der Waals surface area contributed by atoms with Crippen molar-refractivity contribution in [3.05, 3.63) is 138 Å². The van der Waals surface area contributed by atoms with E-state index in [1.807, 2.05) is 30.5 Å². The van der Waals surface area contributed by atoms with Crippen LogP contribution in [0.2, 0.25) is 0 Å². The molecule has 44 heavy (non-hydrogen) atoms. The number of rotatable bonds is 5. The van der Waals surface area contributed by atoms with Crippen LogP contribution in [0.4, 0.5) is 0 Å². The zero-order valence-corrected chi connectivity index (χ0v) is 27.0. The van der Waals surface area contributed by atoms with Crippen molar-refractivity contribution < 1.29 is 30.6 Å². The van der Waals surface area contributed by atoms with Crippen molar-refractivity contribution in [2.45, 2.75) is 32.6 Å². The number of fused-ring (bicyclic) bond motifs is 2. The Morgan fingerprint density at radius 3 is 2.18 bits per heavy atom. The minimum atomic E-state index is -0.0194. The molecule has 7 aromatic rings. The maximum absolute atomic E-state index is 10.5. The number of nitrogens with zero attached hydrogens (tertiary/aromatic N) is 2. The fraction of sp³-hybridized carbons (Fsp3) is 0.128. The minimum Gasteiger partial charge on any atom is -0.507 e. The minimum absolute atomic E-state index is 0. The van der Waals surface area contributed by atoms with Gasteiger partial charge in [0.05, 0.1) is 11.1 Å². The van der Waals surface area contributed by atoms with E-state index in [2.05, 4.69) is 99.6 Å². The van der Waals surface area contributed by atoms with Crippen LogP contribution >= 0.6 is 0 Å². The number of hydrogen-bond acceptors (Lipinski definition) is 4. The van der Waals surface area contributed by atoms with E-state index in [1.54, 1.807) is 12.1 Å². The topological polar surface area (TPSA) is 59.2 Å². The van der Waals surface area contributed by atoms with Gasteiger partial charge in [0.1, 0.15) is 11.3 Å². The molecule has 0 amide bonds. The molecular weight excluding hydrogens is 724 g/mol. The quantitative estimate of drug-likeness (QED) is 0.178. The standard InChI is InChI=1S/C39H31N2O2.Pt/c1-39(2,3)30-23-29-15-10-18-40-36(29)33(24-30)28-14-9-13-27(22-28)32-20-26(19-25-11-5-4-6-12-25)21-35-37(32)41-38(43-35)31-16-7-8-17-34(31)42;/h4-18,20-21,23-24,42H,19H2,1-3H3;/q-1;. The Morgan fingerprint density at radius 2 is 1.43 bits per heavy atom. The first-order chi connectivity index (χ1) is 20.8. The molecule has 1 N–H and O–H groups in total. The summed E-state index contributed by atoms with van der Waals surface area (Å²) in [6.07, 6.45) is 2.59. The third kappa shape index (κ3) is 5.70. The van der Waals surface area contributed by atoms with Crippen molar-refractivity contribution in [2.75, 3.05) is 0 Å². The molecule has 0 saturated heterocycles. The molecule has 0 fully saturated rings. The molecule has 0 saturated carbocycles. The number of para-hydroxylation sites is 1. The Bertz CT molecular complexity index is 2110. The van der Waals surface area contributed by atoms with Crippen LogP contribution in [0.25, 0.3) is 55.7 Å². The molecule has 0 aliphatic heterocycles. The Morgan fingerprint density at radius 1 is 0.705 bits per heavy atom. The molecule has 5 heteroatoms. The predicted molar refractivity (Wildman–Crippen MR) is 174 cm³/mol. The molecule has 0 radical (unpaired) electrons. The monoisotopic (exact) mass is 754 g/mol. The zero-order valence-electron chi connectivity index (χ0n) is 24.7. The molecule has 2 heterocycles. The molecule has 0 atom stereocenters. The van der Waals surface area contributed by atoms with Gasteiger partial charge in [0.2, 0.25) is 5.89 Å². The van der Waals surface area contributed by atoms with Crippen molar-refractivity contribution in [1.82, 2.24) is 9.97 Å². The van der Waals surface area contributed by atoms with Gasteiger partial charge in [-0.1, -0.05) is 98.6 Å². The Kier molecular flexibility index (Phi) is 7.96. The number of pyridine rings is 1. The van der Waals surface area contributed by atoms with Crippen LogP contribution < -0.4 is 0 Å². The number of benzene rings is 5. The number of oxazole rings is 1. The van der Waals surface area contributed by atoms with E-state index in [0.717, 1.165) is 50.7 Å². The largest absolute Gasteiger partial charge is 0.507 e. The molecular formula is C39H31N2O2Pt-. The molecule has 0 spiro atoms. The summed E-state index contributed by atoms with van der Waals surface area (Å²) in [5.74, 6) is 0.516. The fourth-order valence-corrected chi connectivity index (χ4v) is 5.61. The van der Waals surface area contributed by atoms with Gasteiger partial charge in [-0.05, 0) is 58.2 Å². The van der Waals surface area contributed by atoms with Gasteiger partial charge < -0.3 is 9.52 Å². The third-order valence-electron chi connectivity index (χ3n) is 7.89. The van der Waals surface area contributed by atoms with Gasteiger partial charge in [0.25, 0.3) is 0 Å². The first kappa shape index (κ1) is 29.5. The first-order valence-corrected chi connectivity index (χ1v) is 14.5. The van der Waals surface area contributed by atoms with E-state index in [9.17, 15) is 5.11 Å². The van der Waals surface area contributed by atoms with Crippen molar-refractivity contribution in [3.63, 3.8) is 0 Å². The summed E-state index contributed by atoms with van der Waals surface area (Å²) in [5.41, 5.74) is 10.3. The maximum atomic E-state index is 10.5. The van der Waals surface area contributed by atoms with Gasteiger partial charge in [0, 0.05) is 32.8 Å². The van der Waals surface area contributed by atoms with E-state index in [4.69, 9.17) is 14.4 Å². The summed E-state index contributed by atoms with van der Waals surface area (Å²) in [7, 11) is 0. The number of aromatic hydroxyl groups is 1. The molecule has 5 aromatic carbocycles. The van der Waals surface area contributed by atoms with Gasteiger partial charge >= 0.3 is 0 Å². The summed E-state index contributed by atoms with van der Waals surface area (Å²) in [4.78, 5) is 9.68. The summed E-state index contributed by atoms with van der Waals surface area (Å²) in [5, 5.41) is 11.7. The van der Waals surface area contributed by atoms with E-state index in [1.165, 1.54) is 11.1 Å². The predicted octanol–water partition coefficient (Wildman–Crippen LogP) is 9.77. The summed E-state index contributed by atoms with van der Waals surface area (Å²) in [6.45, 7) is 6.70. The number of hydrogen-bond donors (Lipinski definition) is 1. The molecule has 2 aromatic heterocycles. The van der Waals surface area contributed by atoms with Gasteiger partial charge in [0.15, 0.2) is 0 Å². The summed E-state index contributed by atoms with van der Waals surface area (Å²) < 4.78 is 6.31. The average Bonchev–Trinajstić information content (AvgIpc) is 3.44. The van der Waals surface area contributed by atoms with E-state index >= 15 is 0 Å². The molecule has 0 aliphatic rings. The number of aromatic nitrogens is 2. The van der Waals surface area contributed by atoms with Gasteiger partial charge in [-0.3, -0.25) is 4.98 Å². The summed E-state index contributed by atoms with van der Waals surface area (Å²) >= 11 is 0. The molecule has 4 nitrogen and oxygen atoms in total. The molecule has 0 aliphatic carbocycles. The smallest absolute Gasteiger partial charge is 0.230 e. The van der Waals surface area contributed by atoms with Gasteiger partial charge in [-0.2, -0.15) is 0 Å². The second-order valence-electron chi connectivity index (χ2n) is 12.0. The number of phenols is 1. The normalized spacial score (nSPS) is 11.5. The van der Waals surface area contributed by atoms with Crippen LogP contribution in [0.1, 0.15) is 37.5 Å². The Hall–Kier alpha value is -4.53. The Balaban J connectivity index is 0.00000343. The molecule has 0 bridgehead atoms. The van der Waals surface area contributed by atoms with E-state index < -0.39 is 0 Å². The van der Waals surface area contributed by atoms with Gasteiger partial charge in [-0.15, -0.1) is 35.4 Å².